The van der Waals surface area contributed by atoms with Crippen LogP contribution in [0.2, 0.25) is 0 Å². The van der Waals surface area contributed by atoms with Gasteiger partial charge in [0.15, 0.2) is 0 Å². The molecule has 0 bridgehead atoms. The lowest BCUT2D eigenvalue weighted by Gasteiger charge is -2.12. The summed E-state index contributed by atoms with van der Waals surface area (Å²) in [6, 6.07) is 12.9. The van der Waals surface area contributed by atoms with Gasteiger partial charge in [0.2, 0.25) is 0 Å². The molecule has 0 aliphatic rings. The minimum Gasteiger partial charge on any atom is -0.324 e. The lowest BCUT2D eigenvalue weighted by molar-refractivity contribution is 0.619. The number of nitrogens with two attached hydrogens (primary N) is 1. The SMILES string of the molecule is Cc1ccc(Sc2ccc(F)cc2[C@H](C)N)cc1. The first-order chi connectivity index (χ1) is 8.56. The number of aryl methyl sites for hydroxylation is 1. The van der Waals surface area contributed by atoms with Gasteiger partial charge in [-0.25, -0.2) is 4.39 Å². The van der Waals surface area contributed by atoms with E-state index in [9.17, 15) is 4.39 Å². The number of hydrogen-bond acceptors (Lipinski definition) is 2. The molecule has 0 spiro atoms. The third kappa shape index (κ3) is 3.12. The van der Waals surface area contributed by atoms with Gasteiger partial charge in [-0.15, -0.1) is 0 Å². The zero-order chi connectivity index (χ0) is 13.1. The van der Waals surface area contributed by atoms with Crippen LogP contribution in [0.1, 0.15) is 24.1 Å². The van der Waals surface area contributed by atoms with Crippen molar-refractivity contribution in [2.75, 3.05) is 0 Å². The molecule has 94 valence electrons. The van der Waals surface area contributed by atoms with E-state index in [2.05, 4.69) is 31.2 Å². The van der Waals surface area contributed by atoms with Crippen LogP contribution < -0.4 is 5.73 Å². The van der Waals surface area contributed by atoms with Gasteiger partial charge >= 0.3 is 0 Å². The van der Waals surface area contributed by atoms with Crippen molar-refractivity contribution < 1.29 is 4.39 Å². The van der Waals surface area contributed by atoms with Crippen LogP contribution in [0.15, 0.2) is 52.3 Å². The molecule has 0 amide bonds. The topological polar surface area (TPSA) is 26.0 Å². The quantitative estimate of drug-likeness (QED) is 0.891. The van der Waals surface area contributed by atoms with Gasteiger partial charge in [-0.05, 0) is 49.7 Å². The lowest BCUT2D eigenvalue weighted by atomic mass is 10.1. The molecule has 0 heterocycles. The first-order valence-corrected chi connectivity index (χ1v) is 6.67. The third-order valence-electron chi connectivity index (χ3n) is 2.71. The Morgan fingerprint density at radius 3 is 2.39 bits per heavy atom. The van der Waals surface area contributed by atoms with Crippen molar-refractivity contribution in [3.63, 3.8) is 0 Å². The highest BCUT2D eigenvalue weighted by molar-refractivity contribution is 7.99. The molecule has 0 aliphatic carbocycles. The Kier molecular flexibility index (Phi) is 4.04. The Morgan fingerprint density at radius 1 is 1.11 bits per heavy atom. The highest BCUT2D eigenvalue weighted by Crippen LogP contribution is 2.33. The predicted molar refractivity (Wildman–Crippen MR) is 74.3 cm³/mol. The second-order valence-electron chi connectivity index (χ2n) is 4.39. The average Bonchev–Trinajstić information content (AvgIpc) is 2.34. The van der Waals surface area contributed by atoms with Crippen molar-refractivity contribution in [1.82, 2.24) is 0 Å². The Hall–Kier alpha value is -1.32. The third-order valence-corrected chi connectivity index (χ3v) is 3.81. The van der Waals surface area contributed by atoms with Crippen LogP contribution in [0.5, 0.6) is 0 Å². The van der Waals surface area contributed by atoms with Gasteiger partial charge in [0, 0.05) is 15.8 Å². The molecule has 0 saturated carbocycles. The molecule has 0 aliphatic heterocycles. The largest absolute Gasteiger partial charge is 0.324 e. The summed E-state index contributed by atoms with van der Waals surface area (Å²) in [7, 11) is 0. The monoisotopic (exact) mass is 261 g/mol. The Bertz CT molecular complexity index is 535. The number of halogens is 1. The smallest absolute Gasteiger partial charge is 0.123 e. The molecular weight excluding hydrogens is 245 g/mol. The second-order valence-corrected chi connectivity index (χ2v) is 5.50. The second kappa shape index (κ2) is 5.55. The van der Waals surface area contributed by atoms with Crippen LogP contribution in [-0.4, -0.2) is 0 Å². The van der Waals surface area contributed by atoms with E-state index in [4.69, 9.17) is 5.73 Å². The van der Waals surface area contributed by atoms with Crippen LogP contribution >= 0.6 is 11.8 Å². The van der Waals surface area contributed by atoms with Crippen LogP contribution in [0.3, 0.4) is 0 Å². The molecule has 1 atom stereocenters. The van der Waals surface area contributed by atoms with Crippen LogP contribution in [0.25, 0.3) is 0 Å². The first kappa shape index (κ1) is 13.1. The summed E-state index contributed by atoms with van der Waals surface area (Å²) in [5.74, 6) is -0.240. The molecule has 3 heteroatoms. The molecule has 18 heavy (non-hydrogen) atoms. The maximum Gasteiger partial charge on any atom is 0.123 e. The van der Waals surface area contributed by atoms with E-state index in [-0.39, 0.29) is 11.9 Å². The summed E-state index contributed by atoms with van der Waals surface area (Å²) < 4.78 is 13.2. The van der Waals surface area contributed by atoms with E-state index >= 15 is 0 Å². The van der Waals surface area contributed by atoms with Crippen molar-refractivity contribution in [1.29, 1.82) is 0 Å². The van der Waals surface area contributed by atoms with E-state index in [1.165, 1.54) is 17.7 Å². The van der Waals surface area contributed by atoms with Gasteiger partial charge in [0.1, 0.15) is 5.82 Å². The molecule has 2 rings (SSSR count). The van der Waals surface area contributed by atoms with E-state index in [1.54, 1.807) is 17.8 Å². The van der Waals surface area contributed by atoms with Gasteiger partial charge in [-0.3, -0.25) is 0 Å². The fourth-order valence-electron chi connectivity index (χ4n) is 1.70. The van der Waals surface area contributed by atoms with Crippen LogP contribution in [-0.2, 0) is 0 Å². The number of hydrogen-bond donors (Lipinski definition) is 1. The van der Waals surface area contributed by atoms with E-state index in [0.29, 0.717) is 0 Å². The summed E-state index contributed by atoms with van der Waals surface area (Å²) in [5.41, 5.74) is 7.96. The Balaban J connectivity index is 2.31. The molecule has 1 nitrogen and oxygen atoms in total. The predicted octanol–water partition coefficient (Wildman–Crippen LogP) is 4.31. The van der Waals surface area contributed by atoms with Gasteiger partial charge < -0.3 is 5.73 Å². The van der Waals surface area contributed by atoms with Gasteiger partial charge in [0.05, 0.1) is 0 Å². The van der Waals surface area contributed by atoms with Crippen LogP contribution in [0.4, 0.5) is 4.39 Å². The maximum atomic E-state index is 13.2. The fraction of sp³-hybridized carbons (Fsp3) is 0.200. The molecule has 2 N–H and O–H groups in total. The summed E-state index contributed by atoms with van der Waals surface area (Å²) in [6.45, 7) is 3.92. The molecule has 2 aromatic rings. The highest BCUT2D eigenvalue weighted by Gasteiger charge is 2.09. The zero-order valence-corrected chi connectivity index (χ0v) is 11.3. The zero-order valence-electron chi connectivity index (χ0n) is 10.5. The molecule has 2 aromatic carbocycles. The first-order valence-electron chi connectivity index (χ1n) is 5.86. The summed E-state index contributed by atoms with van der Waals surface area (Å²) in [6.07, 6.45) is 0. The Labute approximate surface area is 111 Å². The summed E-state index contributed by atoms with van der Waals surface area (Å²) in [4.78, 5) is 2.14. The van der Waals surface area contributed by atoms with E-state index in [0.717, 1.165) is 15.4 Å². The fourth-order valence-corrected chi connectivity index (χ4v) is 2.73. The van der Waals surface area contributed by atoms with Gasteiger partial charge in [0.25, 0.3) is 0 Å². The van der Waals surface area contributed by atoms with Crippen molar-refractivity contribution in [2.24, 2.45) is 5.73 Å². The van der Waals surface area contributed by atoms with Gasteiger partial charge in [-0.2, -0.15) is 0 Å². The number of benzene rings is 2. The van der Waals surface area contributed by atoms with Crippen LogP contribution in [0, 0.1) is 12.7 Å². The minimum atomic E-state index is -0.240. The molecule has 0 radical (unpaired) electrons. The lowest BCUT2D eigenvalue weighted by Crippen LogP contribution is -2.06. The summed E-state index contributed by atoms with van der Waals surface area (Å²) in [5, 5.41) is 0. The van der Waals surface area contributed by atoms with Crippen molar-refractivity contribution in [2.45, 2.75) is 29.7 Å². The normalized spacial score (nSPS) is 12.4. The highest BCUT2D eigenvalue weighted by atomic mass is 32.2. The van der Waals surface area contributed by atoms with Crippen molar-refractivity contribution >= 4 is 11.8 Å². The van der Waals surface area contributed by atoms with Crippen molar-refractivity contribution in [3.8, 4) is 0 Å². The molecule has 0 unspecified atom stereocenters. The van der Waals surface area contributed by atoms with E-state index in [1.807, 2.05) is 6.92 Å². The molecule has 0 aromatic heterocycles. The molecule has 0 saturated heterocycles. The van der Waals surface area contributed by atoms with Crippen molar-refractivity contribution in [3.05, 3.63) is 59.4 Å². The molecular formula is C15H16FNS. The van der Waals surface area contributed by atoms with E-state index < -0.39 is 0 Å². The average molecular weight is 261 g/mol. The van der Waals surface area contributed by atoms with Gasteiger partial charge in [-0.1, -0.05) is 29.5 Å². The molecule has 0 fully saturated rings. The maximum absolute atomic E-state index is 13.2. The number of rotatable bonds is 3. The standard InChI is InChI=1S/C15H16FNS/c1-10-3-6-13(7-4-10)18-15-8-5-12(16)9-14(15)11(2)17/h3-9,11H,17H2,1-2H3/t11-/m0/s1. The Morgan fingerprint density at radius 2 is 1.78 bits per heavy atom. The minimum absolute atomic E-state index is 0.173. The summed E-state index contributed by atoms with van der Waals surface area (Å²) >= 11 is 1.61.